The van der Waals surface area contributed by atoms with Gasteiger partial charge in [0.1, 0.15) is 4.34 Å². The molecular weight excluding hydrogens is 441 g/mol. The third-order valence-corrected chi connectivity index (χ3v) is 8.17. The number of hydrogen-bond donors (Lipinski definition) is 1. The highest BCUT2D eigenvalue weighted by molar-refractivity contribution is 7.90. The van der Waals surface area contributed by atoms with E-state index in [0.717, 1.165) is 36.9 Å². The van der Waals surface area contributed by atoms with Gasteiger partial charge in [-0.25, -0.2) is 13.9 Å². The number of aromatic nitrogens is 4. The summed E-state index contributed by atoms with van der Waals surface area (Å²) in [5, 5.41) is 4.03. The van der Waals surface area contributed by atoms with Crippen LogP contribution >= 0.6 is 34.5 Å². The van der Waals surface area contributed by atoms with Crippen LogP contribution in [-0.4, -0.2) is 39.8 Å². The number of rotatable bonds is 3. The first-order chi connectivity index (χ1) is 13.5. The number of fused-ring (bicyclic) bond motifs is 2. The predicted octanol–water partition coefficient (Wildman–Crippen LogP) is 3.76. The Morgan fingerprint density at radius 1 is 1.29 bits per heavy atom. The van der Waals surface area contributed by atoms with Crippen LogP contribution in [0.5, 0.6) is 0 Å². The molecule has 1 atom stereocenters. The Hall–Kier alpha value is -1.65. The van der Waals surface area contributed by atoms with E-state index in [2.05, 4.69) is 15.3 Å². The summed E-state index contributed by atoms with van der Waals surface area (Å²) in [6.45, 7) is 1.79. The van der Waals surface area contributed by atoms with E-state index in [9.17, 15) is 8.42 Å². The smallest absolute Gasteiger partial charge is 0.288 e. The Balaban J connectivity index is 1.75. The van der Waals surface area contributed by atoms with Gasteiger partial charge in [0.25, 0.3) is 10.0 Å². The highest BCUT2D eigenvalue weighted by Gasteiger charge is 2.31. The second-order valence-electron chi connectivity index (χ2n) is 6.70. The molecule has 0 aromatic carbocycles. The Kier molecular flexibility index (Phi) is 4.40. The lowest BCUT2D eigenvalue weighted by Gasteiger charge is -2.22. The van der Waals surface area contributed by atoms with Crippen LogP contribution in [0.4, 0.5) is 0 Å². The molecule has 1 fully saturated rings. The van der Waals surface area contributed by atoms with E-state index in [0.29, 0.717) is 14.9 Å². The van der Waals surface area contributed by atoms with Crippen LogP contribution in [0.1, 0.15) is 24.3 Å². The van der Waals surface area contributed by atoms with E-state index in [1.165, 1.54) is 25.9 Å². The minimum absolute atomic E-state index is 0.0819. The fraction of sp³-hybridized carbons (Fsp3) is 0.294. The highest BCUT2D eigenvalue weighted by atomic mass is 35.5. The zero-order valence-corrected chi connectivity index (χ0v) is 17.6. The molecule has 28 heavy (non-hydrogen) atoms. The third kappa shape index (κ3) is 2.76. The van der Waals surface area contributed by atoms with E-state index >= 15 is 0 Å². The largest absolute Gasteiger partial charge is 0.316 e. The lowest BCUT2D eigenvalue weighted by atomic mass is 9.92. The number of halogens is 2. The molecule has 0 spiro atoms. The molecule has 1 aliphatic heterocycles. The average molecular weight is 456 g/mol. The first kappa shape index (κ1) is 18.4. The second kappa shape index (κ2) is 6.70. The van der Waals surface area contributed by atoms with E-state index in [1.54, 1.807) is 12.4 Å². The lowest BCUT2D eigenvalue weighted by Crippen LogP contribution is -2.28. The monoisotopic (exact) mass is 455 g/mol. The first-order valence-corrected chi connectivity index (χ1v) is 11.7. The Labute approximate surface area is 175 Å². The van der Waals surface area contributed by atoms with Crippen molar-refractivity contribution in [3.63, 3.8) is 0 Å². The van der Waals surface area contributed by atoms with Crippen LogP contribution in [0.15, 0.2) is 35.7 Å². The molecule has 1 N–H and O–H groups in total. The molecule has 5 heterocycles. The number of nitrogens with zero attached hydrogens (tertiary/aromatic N) is 4. The molecule has 5 rings (SSSR count). The normalized spacial score (nSPS) is 18.3. The van der Waals surface area contributed by atoms with Gasteiger partial charge in [-0.15, -0.1) is 0 Å². The van der Waals surface area contributed by atoms with Gasteiger partial charge >= 0.3 is 0 Å². The van der Waals surface area contributed by atoms with Crippen LogP contribution in [0.3, 0.4) is 0 Å². The highest BCUT2D eigenvalue weighted by Crippen LogP contribution is 2.35. The van der Waals surface area contributed by atoms with Gasteiger partial charge in [0.15, 0.2) is 15.8 Å². The van der Waals surface area contributed by atoms with Crippen LogP contribution < -0.4 is 5.32 Å². The van der Waals surface area contributed by atoms with E-state index in [-0.39, 0.29) is 16.1 Å². The standard InChI is InChI=1S/C17H15Cl2N5O2S2/c18-13-9-23-16(14(19)22-17(23)27-13)28(25,26)24-8-12(10-3-1-5-20-7-10)11-4-2-6-21-15(11)24/h2,4,6,8-10,20H,1,3,5,7H2. The molecule has 7 nitrogen and oxygen atoms in total. The zero-order valence-electron chi connectivity index (χ0n) is 14.5. The molecule has 0 saturated carbocycles. The van der Waals surface area contributed by atoms with Gasteiger partial charge in [-0.1, -0.05) is 34.5 Å². The summed E-state index contributed by atoms with van der Waals surface area (Å²) in [6, 6.07) is 3.73. The quantitative estimate of drug-likeness (QED) is 0.508. The molecule has 0 radical (unpaired) electrons. The van der Waals surface area contributed by atoms with Crippen molar-refractivity contribution >= 4 is 60.6 Å². The lowest BCUT2D eigenvalue weighted by molar-refractivity contribution is 0.463. The van der Waals surface area contributed by atoms with Gasteiger partial charge in [-0.2, -0.15) is 8.42 Å². The van der Waals surface area contributed by atoms with Crippen LogP contribution in [-0.2, 0) is 10.0 Å². The fourth-order valence-electron chi connectivity index (χ4n) is 3.78. The van der Waals surface area contributed by atoms with Crippen molar-refractivity contribution in [2.45, 2.75) is 23.8 Å². The molecule has 0 amide bonds. The second-order valence-corrected chi connectivity index (χ2v) is 10.4. The number of nitrogens with one attached hydrogen (secondary N) is 1. The first-order valence-electron chi connectivity index (χ1n) is 8.72. The molecule has 1 saturated heterocycles. The van der Waals surface area contributed by atoms with Gasteiger partial charge in [0.2, 0.25) is 5.03 Å². The summed E-state index contributed by atoms with van der Waals surface area (Å²) in [7, 11) is -4.03. The van der Waals surface area contributed by atoms with Gasteiger partial charge < -0.3 is 5.32 Å². The van der Waals surface area contributed by atoms with Crippen molar-refractivity contribution in [1.29, 1.82) is 0 Å². The summed E-state index contributed by atoms with van der Waals surface area (Å²) < 4.78 is 30.2. The predicted molar refractivity (Wildman–Crippen MR) is 110 cm³/mol. The molecule has 0 bridgehead atoms. The minimum Gasteiger partial charge on any atom is -0.316 e. The Morgan fingerprint density at radius 3 is 2.93 bits per heavy atom. The average Bonchev–Trinajstić information content (AvgIpc) is 3.32. The van der Waals surface area contributed by atoms with Crippen molar-refractivity contribution in [1.82, 2.24) is 23.7 Å². The molecule has 4 aromatic rings. The third-order valence-electron chi connectivity index (χ3n) is 5.02. The molecule has 0 aliphatic carbocycles. The number of thiazole rings is 1. The summed E-state index contributed by atoms with van der Waals surface area (Å²) in [5.41, 5.74) is 1.36. The fourth-order valence-corrected chi connectivity index (χ4v) is 6.82. The summed E-state index contributed by atoms with van der Waals surface area (Å²) in [4.78, 5) is 8.92. The van der Waals surface area contributed by atoms with Gasteiger partial charge in [0, 0.05) is 30.5 Å². The maximum absolute atomic E-state index is 13.6. The van der Waals surface area contributed by atoms with Crippen molar-refractivity contribution in [3.05, 3.63) is 45.8 Å². The minimum atomic E-state index is -4.03. The molecule has 4 aromatic heterocycles. The van der Waals surface area contributed by atoms with Gasteiger partial charge in [-0.05, 0) is 43.0 Å². The Bertz CT molecular complexity index is 1300. The molecule has 1 aliphatic rings. The summed E-state index contributed by atoms with van der Waals surface area (Å²) in [5.74, 6) is 0.230. The van der Waals surface area contributed by atoms with Crippen LogP contribution in [0.2, 0.25) is 9.49 Å². The van der Waals surface area contributed by atoms with Crippen LogP contribution in [0, 0.1) is 0 Å². The molecule has 1 unspecified atom stereocenters. The molecule has 11 heteroatoms. The van der Waals surface area contributed by atoms with Gasteiger partial charge in [0.05, 0.1) is 0 Å². The van der Waals surface area contributed by atoms with Crippen molar-refractivity contribution in [3.8, 4) is 0 Å². The number of piperidine rings is 1. The SMILES string of the molecule is O=S(=O)(c1c(Cl)nc2sc(Cl)cn12)n1cc(C2CCCNC2)c2cccnc21. The van der Waals surface area contributed by atoms with Crippen molar-refractivity contribution in [2.24, 2.45) is 0 Å². The van der Waals surface area contributed by atoms with E-state index < -0.39 is 10.0 Å². The Morgan fingerprint density at radius 2 is 2.14 bits per heavy atom. The number of pyridine rings is 1. The number of imidazole rings is 1. The maximum Gasteiger partial charge on any atom is 0.288 e. The van der Waals surface area contributed by atoms with E-state index in [1.807, 2.05) is 12.1 Å². The molecule has 146 valence electrons. The van der Waals surface area contributed by atoms with Crippen molar-refractivity contribution in [2.75, 3.05) is 13.1 Å². The van der Waals surface area contributed by atoms with Crippen molar-refractivity contribution < 1.29 is 8.42 Å². The maximum atomic E-state index is 13.6. The zero-order chi connectivity index (χ0) is 19.5. The van der Waals surface area contributed by atoms with E-state index in [4.69, 9.17) is 23.2 Å². The van der Waals surface area contributed by atoms with Crippen LogP contribution in [0.25, 0.3) is 16.0 Å². The summed E-state index contributed by atoms with van der Waals surface area (Å²) in [6.07, 6.45) is 6.82. The summed E-state index contributed by atoms with van der Waals surface area (Å²) >= 11 is 13.4. The van der Waals surface area contributed by atoms with Gasteiger partial charge in [-0.3, -0.25) is 4.40 Å². The topological polar surface area (TPSA) is 81.3 Å². The number of hydrogen-bond acceptors (Lipinski definition) is 6. The molecular formula is C17H15Cl2N5O2S2.